The largest absolute Gasteiger partial charge is 0.390 e. The van der Waals surface area contributed by atoms with Crippen LogP contribution in [0.5, 0.6) is 0 Å². The lowest BCUT2D eigenvalue weighted by Crippen LogP contribution is -2.37. The lowest BCUT2D eigenvalue weighted by molar-refractivity contribution is -0.0162. The van der Waals surface area contributed by atoms with Crippen LogP contribution in [0.2, 0.25) is 0 Å². The first-order valence-electron chi connectivity index (χ1n) is 6.58. The van der Waals surface area contributed by atoms with Crippen LogP contribution in [0.1, 0.15) is 44.6 Å². The van der Waals surface area contributed by atoms with E-state index >= 15 is 0 Å². The Morgan fingerprint density at radius 3 is 3.00 bits per heavy atom. The molecule has 2 atom stereocenters. The van der Waals surface area contributed by atoms with Crippen molar-refractivity contribution in [3.8, 4) is 0 Å². The van der Waals surface area contributed by atoms with Crippen molar-refractivity contribution < 1.29 is 5.11 Å². The standard InChI is InChI=1S/C15H21BrO/c1-2-12-6-4-8-15(17,10-12)11-13-5-3-7-14(16)9-13/h3,5,7,9,12,17H,2,4,6,8,10-11H2,1H3. The van der Waals surface area contributed by atoms with Crippen LogP contribution in [0, 0.1) is 5.92 Å². The van der Waals surface area contributed by atoms with Gasteiger partial charge in [0.05, 0.1) is 5.60 Å². The van der Waals surface area contributed by atoms with E-state index in [0.717, 1.165) is 23.7 Å². The quantitative estimate of drug-likeness (QED) is 0.880. The van der Waals surface area contributed by atoms with E-state index in [-0.39, 0.29) is 0 Å². The molecular formula is C15H21BrO. The molecule has 1 nitrogen and oxygen atoms in total. The van der Waals surface area contributed by atoms with Crippen molar-refractivity contribution in [1.29, 1.82) is 0 Å². The Bertz CT molecular complexity index is 377. The summed E-state index contributed by atoms with van der Waals surface area (Å²) in [6, 6.07) is 8.30. The van der Waals surface area contributed by atoms with Gasteiger partial charge in [0.15, 0.2) is 0 Å². The monoisotopic (exact) mass is 296 g/mol. The molecule has 0 heterocycles. The molecule has 1 aromatic carbocycles. The van der Waals surface area contributed by atoms with Crippen LogP contribution in [0.3, 0.4) is 0 Å². The minimum atomic E-state index is -0.472. The molecule has 0 aliphatic heterocycles. The third-order valence-electron chi connectivity index (χ3n) is 3.92. The molecule has 1 fully saturated rings. The smallest absolute Gasteiger partial charge is 0.0690 e. The van der Waals surface area contributed by atoms with Gasteiger partial charge in [0, 0.05) is 10.9 Å². The molecule has 94 valence electrons. The van der Waals surface area contributed by atoms with Crippen molar-refractivity contribution in [3.05, 3.63) is 34.3 Å². The van der Waals surface area contributed by atoms with E-state index in [4.69, 9.17) is 0 Å². The van der Waals surface area contributed by atoms with Crippen molar-refractivity contribution in [3.63, 3.8) is 0 Å². The fraction of sp³-hybridized carbons (Fsp3) is 0.600. The van der Waals surface area contributed by atoms with Gasteiger partial charge in [-0.15, -0.1) is 0 Å². The average Bonchev–Trinajstić information content (AvgIpc) is 2.28. The Hall–Kier alpha value is -0.340. The Balaban J connectivity index is 2.06. The predicted molar refractivity (Wildman–Crippen MR) is 75.0 cm³/mol. The van der Waals surface area contributed by atoms with Gasteiger partial charge in [-0.05, 0) is 36.5 Å². The minimum Gasteiger partial charge on any atom is -0.390 e. The van der Waals surface area contributed by atoms with Crippen LogP contribution < -0.4 is 0 Å². The van der Waals surface area contributed by atoms with Crippen LogP contribution in [0.25, 0.3) is 0 Å². The molecule has 2 heteroatoms. The Kier molecular flexibility index (Phi) is 4.26. The average molecular weight is 297 g/mol. The molecule has 1 saturated carbocycles. The van der Waals surface area contributed by atoms with E-state index in [9.17, 15) is 5.11 Å². The molecule has 1 aromatic rings. The first kappa shape index (κ1) is 13.1. The van der Waals surface area contributed by atoms with Gasteiger partial charge in [-0.3, -0.25) is 0 Å². The second-order valence-corrected chi connectivity index (χ2v) is 6.32. The molecular weight excluding hydrogens is 276 g/mol. The lowest BCUT2D eigenvalue weighted by Gasteiger charge is -2.36. The van der Waals surface area contributed by atoms with Gasteiger partial charge in [-0.1, -0.05) is 54.2 Å². The summed E-state index contributed by atoms with van der Waals surface area (Å²) in [5.74, 6) is 0.709. The Morgan fingerprint density at radius 1 is 1.47 bits per heavy atom. The van der Waals surface area contributed by atoms with Crippen LogP contribution in [-0.2, 0) is 6.42 Å². The van der Waals surface area contributed by atoms with Crippen LogP contribution in [-0.4, -0.2) is 10.7 Å². The first-order chi connectivity index (χ1) is 8.11. The van der Waals surface area contributed by atoms with Gasteiger partial charge >= 0.3 is 0 Å². The van der Waals surface area contributed by atoms with E-state index in [1.165, 1.54) is 24.8 Å². The maximum Gasteiger partial charge on any atom is 0.0690 e. The zero-order valence-electron chi connectivity index (χ0n) is 10.5. The van der Waals surface area contributed by atoms with E-state index in [0.29, 0.717) is 5.92 Å². The molecule has 0 aromatic heterocycles. The molecule has 1 N–H and O–H groups in total. The maximum absolute atomic E-state index is 10.7. The zero-order chi connectivity index (χ0) is 12.3. The molecule has 0 radical (unpaired) electrons. The number of rotatable bonds is 3. The predicted octanol–water partition coefficient (Wildman–Crippen LogP) is 4.32. The summed E-state index contributed by atoms with van der Waals surface area (Å²) in [6.45, 7) is 2.23. The molecule has 0 bridgehead atoms. The Labute approximate surface area is 112 Å². The molecule has 0 amide bonds. The number of aliphatic hydroxyl groups is 1. The highest BCUT2D eigenvalue weighted by atomic mass is 79.9. The van der Waals surface area contributed by atoms with Crippen molar-refractivity contribution in [2.45, 2.75) is 51.0 Å². The lowest BCUT2D eigenvalue weighted by atomic mass is 9.74. The summed E-state index contributed by atoms with van der Waals surface area (Å²) in [5, 5.41) is 10.7. The first-order valence-corrected chi connectivity index (χ1v) is 7.37. The summed E-state index contributed by atoms with van der Waals surface area (Å²) in [7, 11) is 0. The zero-order valence-corrected chi connectivity index (χ0v) is 12.0. The SMILES string of the molecule is CCC1CCCC(O)(Cc2cccc(Br)c2)C1. The fourth-order valence-electron chi connectivity index (χ4n) is 3.00. The van der Waals surface area contributed by atoms with Gasteiger partial charge in [-0.2, -0.15) is 0 Å². The van der Waals surface area contributed by atoms with Crippen LogP contribution in [0.15, 0.2) is 28.7 Å². The minimum absolute atomic E-state index is 0.472. The van der Waals surface area contributed by atoms with Crippen molar-refractivity contribution in [2.24, 2.45) is 5.92 Å². The normalized spacial score (nSPS) is 29.2. The number of hydrogen-bond acceptors (Lipinski definition) is 1. The summed E-state index contributed by atoms with van der Waals surface area (Å²) < 4.78 is 1.10. The molecule has 17 heavy (non-hydrogen) atoms. The second-order valence-electron chi connectivity index (χ2n) is 5.40. The molecule has 2 unspecified atom stereocenters. The molecule has 0 saturated heterocycles. The van der Waals surface area contributed by atoms with Gasteiger partial charge in [-0.25, -0.2) is 0 Å². The number of hydrogen-bond donors (Lipinski definition) is 1. The van der Waals surface area contributed by atoms with Crippen LogP contribution in [0.4, 0.5) is 0 Å². The summed E-state index contributed by atoms with van der Waals surface area (Å²) in [6.07, 6.45) is 6.37. The highest BCUT2D eigenvalue weighted by molar-refractivity contribution is 9.10. The van der Waals surface area contributed by atoms with Gasteiger partial charge in [0.1, 0.15) is 0 Å². The van der Waals surface area contributed by atoms with Gasteiger partial charge < -0.3 is 5.11 Å². The summed E-state index contributed by atoms with van der Waals surface area (Å²) >= 11 is 3.49. The number of halogens is 1. The molecule has 0 spiro atoms. The third kappa shape index (κ3) is 3.56. The summed E-state index contributed by atoms with van der Waals surface area (Å²) in [5.41, 5.74) is 0.762. The maximum atomic E-state index is 10.7. The fourth-order valence-corrected chi connectivity index (χ4v) is 3.44. The Morgan fingerprint density at radius 2 is 2.29 bits per heavy atom. The van der Waals surface area contributed by atoms with Gasteiger partial charge in [0.25, 0.3) is 0 Å². The molecule has 1 aliphatic carbocycles. The third-order valence-corrected chi connectivity index (χ3v) is 4.42. The highest BCUT2D eigenvalue weighted by Gasteiger charge is 2.33. The topological polar surface area (TPSA) is 20.2 Å². The number of benzene rings is 1. The second kappa shape index (κ2) is 5.53. The molecule has 1 aliphatic rings. The summed E-state index contributed by atoms with van der Waals surface area (Å²) in [4.78, 5) is 0. The van der Waals surface area contributed by atoms with E-state index in [1.54, 1.807) is 0 Å². The van der Waals surface area contributed by atoms with E-state index in [2.05, 4.69) is 35.0 Å². The van der Waals surface area contributed by atoms with E-state index < -0.39 is 5.60 Å². The van der Waals surface area contributed by atoms with Crippen molar-refractivity contribution >= 4 is 15.9 Å². The van der Waals surface area contributed by atoms with Crippen molar-refractivity contribution in [1.82, 2.24) is 0 Å². The molecule has 2 rings (SSSR count). The highest BCUT2D eigenvalue weighted by Crippen LogP contribution is 2.36. The van der Waals surface area contributed by atoms with Crippen LogP contribution >= 0.6 is 15.9 Å². The van der Waals surface area contributed by atoms with Gasteiger partial charge in [0.2, 0.25) is 0 Å². The van der Waals surface area contributed by atoms with Crippen molar-refractivity contribution in [2.75, 3.05) is 0 Å². The van der Waals surface area contributed by atoms with E-state index in [1.807, 2.05) is 12.1 Å².